The molecule has 0 radical (unpaired) electrons. The summed E-state index contributed by atoms with van der Waals surface area (Å²) >= 11 is 0. The van der Waals surface area contributed by atoms with Crippen molar-refractivity contribution in [1.29, 1.82) is 0 Å². The van der Waals surface area contributed by atoms with Gasteiger partial charge in [-0.05, 0) is 135 Å². The SMILES string of the molecule is CC/C=C\C/C=C\C/C=C\C/C=C\C/C=C\C/C=C\CCCCCCCCC(=O)OCC(COC(=O)CCCCCCC/C=C\CCCCCCC)OC(=O)CCCCCC/C=C\C/C=C\C/C=C\C/C=C\CC. The van der Waals surface area contributed by atoms with Crippen molar-refractivity contribution in [2.24, 2.45) is 0 Å². The molecule has 0 saturated carbocycles. The zero-order valence-electron chi connectivity index (χ0n) is 47.8. The molecule has 0 aromatic carbocycles. The van der Waals surface area contributed by atoms with Crippen molar-refractivity contribution in [3.63, 3.8) is 0 Å². The van der Waals surface area contributed by atoms with Crippen LogP contribution >= 0.6 is 0 Å². The minimum Gasteiger partial charge on any atom is -0.462 e. The van der Waals surface area contributed by atoms with E-state index in [-0.39, 0.29) is 31.1 Å². The van der Waals surface area contributed by atoms with Gasteiger partial charge in [-0.25, -0.2) is 0 Å². The van der Waals surface area contributed by atoms with E-state index in [4.69, 9.17) is 14.2 Å². The van der Waals surface area contributed by atoms with Gasteiger partial charge >= 0.3 is 17.9 Å². The Balaban J connectivity index is 4.45. The third kappa shape index (κ3) is 58.4. The Hall–Kier alpha value is -4.45. The fourth-order valence-electron chi connectivity index (χ4n) is 7.90. The van der Waals surface area contributed by atoms with Crippen LogP contribution in [0.5, 0.6) is 0 Å². The normalized spacial score (nSPS) is 13.1. The highest BCUT2D eigenvalue weighted by Crippen LogP contribution is 2.14. The second-order valence-corrected chi connectivity index (χ2v) is 19.5. The zero-order chi connectivity index (χ0) is 53.6. The standard InChI is InChI=1S/C68H110O6/c1-4-7-10-13-16-19-22-25-28-30-31-32-33-34-35-36-37-39-40-43-46-49-52-55-58-61-67(70)73-64-65(63-72-66(69)60-57-54-51-48-45-42-27-24-21-18-15-12-9-6-3)74-68(71)62-59-56-53-50-47-44-41-38-29-26-23-20-17-14-11-8-5-2/h7-8,10-11,16-17,19-20,24-29,31-32,34-35,37,39,41,44,65H,4-6,9,12-15,18,21-23,30,33,36,38,40,42-43,45-64H2,1-3H3/b10-7-,11-8-,19-16-,20-17-,27-24-,28-25-,29-26-,32-31-,35-34-,39-37-,44-41-. The summed E-state index contributed by atoms with van der Waals surface area (Å²) in [6.45, 7) is 6.36. The van der Waals surface area contributed by atoms with Gasteiger partial charge in [0.05, 0.1) is 0 Å². The summed E-state index contributed by atoms with van der Waals surface area (Å²) in [5.74, 6) is -0.949. The lowest BCUT2D eigenvalue weighted by Crippen LogP contribution is -2.30. The summed E-state index contributed by atoms with van der Waals surface area (Å²) in [5, 5.41) is 0. The van der Waals surface area contributed by atoms with Gasteiger partial charge in [0.1, 0.15) is 13.2 Å². The number of carbonyl (C=O) groups excluding carboxylic acids is 3. The molecule has 0 aromatic rings. The Morgan fingerprint density at radius 1 is 0.284 bits per heavy atom. The monoisotopic (exact) mass is 1020 g/mol. The lowest BCUT2D eigenvalue weighted by molar-refractivity contribution is -0.167. The van der Waals surface area contributed by atoms with Crippen molar-refractivity contribution in [1.82, 2.24) is 0 Å². The molecule has 0 saturated heterocycles. The molecule has 0 heterocycles. The van der Waals surface area contributed by atoms with Gasteiger partial charge in [0.25, 0.3) is 0 Å². The summed E-state index contributed by atoms with van der Waals surface area (Å²) in [7, 11) is 0. The van der Waals surface area contributed by atoms with Crippen molar-refractivity contribution in [3.8, 4) is 0 Å². The Labute approximate surface area is 455 Å². The van der Waals surface area contributed by atoms with Gasteiger partial charge in [-0.2, -0.15) is 0 Å². The Morgan fingerprint density at radius 2 is 0.527 bits per heavy atom. The largest absolute Gasteiger partial charge is 0.462 e. The topological polar surface area (TPSA) is 78.9 Å². The first-order valence-corrected chi connectivity index (χ1v) is 30.2. The predicted molar refractivity (Wildman–Crippen MR) is 320 cm³/mol. The maximum atomic E-state index is 12.9. The molecule has 0 aliphatic carbocycles. The first-order valence-electron chi connectivity index (χ1n) is 30.2. The molecule has 0 spiro atoms. The Kier molecular flexibility index (Phi) is 57.4. The second-order valence-electron chi connectivity index (χ2n) is 19.5. The van der Waals surface area contributed by atoms with E-state index < -0.39 is 6.10 Å². The van der Waals surface area contributed by atoms with Gasteiger partial charge in [0.15, 0.2) is 6.10 Å². The summed E-state index contributed by atoms with van der Waals surface area (Å²) in [6, 6.07) is 0. The molecule has 0 aliphatic heterocycles. The van der Waals surface area contributed by atoms with Gasteiger partial charge in [0, 0.05) is 19.3 Å². The lowest BCUT2D eigenvalue weighted by Gasteiger charge is -2.18. The molecule has 74 heavy (non-hydrogen) atoms. The number of hydrogen-bond donors (Lipinski definition) is 0. The van der Waals surface area contributed by atoms with E-state index in [9.17, 15) is 14.4 Å². The van der Waals surface area contributed by atoms with Crippen LogP contribution in [0.1, 0.15) is 258 Å². The molecule has 0 fully saturated rings. The van der Waals surface area contributed by atoms with Crippen molar-refractivity contribution in [3.05, 3.63) is 134 Å². The highest BCUT2D eigenvalue weighted by atomic mass is 16.6. The molecule has 0 N–H and O–H groups in total. The Morgan fingerprint density at radius 3 is 0.838 bits per heavy atom. The first-order chi connectivity index (χ1) is 36.5. The lowest BCUT2D eigenvalue weighted by atomic mass is 10.1. The minimum atomic E-state index is -0.806. The van der Waals surface area contributed by atoms with E-state index in [2.05, 4.69) is 154 Å². The van der Waals surface area contributed by atoms with Crippen LogP contribution in [0.3, 0.4) is 0 Å². The average Bonchev–Trinajstić information content (AvgIpc) is 3.40. The van der Waals surface area contributed by atoms with Gasteiger partial charge in [0.2, 0.25) is 0 Å². The van der Waals surface area contributed by atoms with Crippen LogP contribution < -0.4 is 0 Å². The van der Waals surface area contributed by atoms with Gasteiger partial charge < -0.3 is 14.2 Å². The van der Waals surface area contributed by atoms with Crippen molar-refractivity contribution in [2.75, 3.05) is 13.2 Å². The van der Waals surface area contributed by atoms with Crippen LogP contribution in [0.4, 0.5) is 0 Å². The molecule has 0 aliphatic rings. The van der Waals surface area contributed by atoms with Crippen LogP contribution in [0.15, 0.2) is 134 Å². The van der Waals surface area contributed by atoms with E-state index in [1.807, 2.05) is 0 Å². The molecule has 1 unspecified atom stereocenters. The minimum absolute atomic E-state index is 0.101. The fraction of sp³-hybridized carbons (Fsp3) is 0.632. The highest BCUT2D eigenvalue weighted by molar-refractivity contribution is 5.71. The highest BCUT2D eigenvalue weighted by Gasteiger charge is 2.19. The molecular formula is C68H110O6. The predicted octanol–water partition coefficient (Wildman–Crippen LogP) is 20.6. The fourth-order valence-corrected chi connectivity index (χ4v) is 7.90. The first kappa shape index (κ1) is 69.5. The van der Waals surface area contributed by atoms with Gasteiger partial charge in [-0.15, -0.1) is 0 Å². The molecule has 1 atom stereocenters. The van der Waals surface area contributed by atoms with E-state index in [1.54, 1.807) is 0 Å². The summed E-state index contributed by atoms with van der Waals surface area (Å²) in [4.78, 5) is 38.2. The maximum absolute atomic E-state index is 12.9. The van der Waals surface area contributed by atoms with Crippen LogP contribution in [0.25, 0.3) is 0 Å². The summed E-state index contributed by atoms with van der Waals surface area (Å²) in [6.07, 6.45) is 85.8. The van der Waals surface area contributed by atoms with E-state index >= 15 is 0 Å². The molecule has 0 aromatic heterocycles. The second kappa shape index (κ2) is 61.1. The third-order valence-electron chi connectivity index (χ3n) is 12.4. The van der Waals surface area contributed by atoms with Crippen molar-refractivity contribution < 1.29 is 28.6 Å². The van der Waals surface area contributed by atoms with E-state index in [0.29, 0.717) is 19.3 Å². The van der Waals surface area contributed by atoms with Crippen molar-refractivity contribution >= 4 is 17.9 Å². The Bertz CT molecular complexity index is 1600. The van der Waals surface area contributed by atoms with E-state index in [1.165, 1.54) is 57.8 Å². The van der Waals surface area contributed by atoms with Crippen LogP contribution in [0, 0.1) is 0 Å². The number of unbranched alkanes of at least 4 members (excludes halogenated alkanes) is 20. The van der Waals surface area contributed by atoms with Gasteiger partial charge in [-0.3, -0.25) is 14.4 Å². The van der Waals surface area contributed by atoms with Gasteiger partial charge in [-0.1, -0.05) is 238 Å². The maximum Gasteiger partial charge on any atom is 0.306 e. The zero-order valence-corrected chi connectivity index (χ0v) is 47.8. The van der Waals surface area contributed by atoms with E-state index in [0.717, 1.165) is 161 Å². The molecule has 0 bridgehead atoms. The summed E-state index contributed by atoms with van der Waals surface area (Å²) < 4.78 is 16.9. The number of carbonyl (C=O) groups is 3. The number of allylic oxidation sites excluding steroid dienone is 22. The smallest absolute Gasteiger partial charge is 0.306 e. The number of ether oxygens (including phenoxy) is 3. The molecule has 0 amide bonds. The number of rotatable bonds is 53. The molecule has 418 valence electrons. The average molecular weight is 1020 g/mol. The van der Waals surface area contributed by atoms with Crippen LogP contribution in [0.2, 0.25) is 0 Å². The molecule has 6 nitrogen and oxygen atoms in total. The van der Waals surface area contributed by atoms with Crippen LogP contribution in [-0.4, -0.2) is 37.2 Å². The summed E-state index contributed by atoms with van der Waals surface area (Å²) in [5.41, 5.74) is 0. The molecule has 0 rings (SSSR count). The van der Waals surface area contributed by atoms with Crippen molar-refractivity contribution in [2.45, 2.75) is 264 Å². The third-order valence-corrected chi connectivity index (χ3v) is 12.4. The number of hydrogen-bond acceptors (Lipinski definition) is 6. The van der Waals surface area contributed by atoms with Crippen LogP contribution in [-0.2, 0) is 28.6 Å². The molecular weight excluding hydrogens is 913 g/mol. The number of esters is 3. The quantitative estimate of drug-likeness (QED) is 0.0261. The molecule has 6 heteroatoms.